The second-order valence-corrected chi connectivity index (χ2v) is 10.3. The van der Waals surface area contributed by atoms with Crippen LogP contribution in [0.25, 0.3) is 0 Å². The maximum atomic E-state index is 13.3. The Morgan fingerprint density at radius 1 is 1.06 bits per heavy atom. The minimum atomic E-state index is -4.39. The van der Waals surface area contributed by atoms with Gasteiger partial charge in [-0.3, -0.25) is 9.62 Å². The summed E-state index contributed by atoms with van der Waals surface area (Å²) in [6.07, 6.45) is -0.0650. The predicted octanol–water partition coefficient (Wildman–Crippen LogP) is 2.66. The fraction of sp³-hybridized carbons (Fsp3) is 0.524. The van der Waals surface area contributed by atoms with E-state index in [1.54, 1.807) is 11.0 Å². The number of hydrogen-bond donors (Lipinski definition) is 1. The molecule has 0 spiro atoms. The van der Waals surface area contributed by atoms with Gasteiger partial charge in [-0.15, -0.1) is 5.10 Å². The number of aromatic nitrogens is 2. The molecule has 0 bridgehead atoms. The maximum Gasteiger partial charge on any atom is 0.416 e. The summed E-state index contributed by atoms with van der Waals surface area (Å²) >= 11 is 0. The molecule has 34 heavy (non-hydrogen) atoms. The van der Waals surface area contributed by atoms with Crippen LogP contribution in [-0.2, 0) is 22.7 Å². The summed E-state index contributed by atoms with van der Waals surface area (Å²) in [7, 11) is -3.50. The predicted molar refractivity (Wildman–Crippen MR) is 121 cm³/mol. The first-order chi connectivity index (χ1) is 16.0. The van der Waals surface area contributed by atoms with Crippen LogP contribution < -0.4 is 9.62 Å². The lowest BCUT2D eigenvalue weighted by molar-refractivity contribution is -0.137. The number of carbonyl (C=O) groups is 1. The first kappa shape index (κ1) is 24.3. The van der Waals surface area contributed by atoms with Gasteiger partial charge in [-0.05, 0) is 30.5 Å². The van der Waals surface area contributed by atoms with Crippen molar-refractivity contribution in [2.24, 2.45) is 0 Å². The number of amides is 1. The molecule has 0 radical (unpaired) electrons. The Balaban J connectivity index is 1.40. The third-order valence-corrected chi connectivity index (χ3v) is 6.55. The quantitative estimate of drug-likeness (QED) is 0.679. The van der Waals surface area contributed by atoms with Gasteiger partial charge in [0.05, 0.1) is 11.8 Å². The number of sulfonamides is 1. The smallest absolute Gasteiger partial charge is 0.371 e. The molecule has 13 heteroatoms. The van der Waals surface area contributed by atoms with Crippen molar-refractivity contribution in [2.75, 3.05) is 55.1 Å². The highest BCUT2D eigenvalue weighted by atomic mass is 32.2. The molecule has 0 unspecified atom stereocenters. The van der Waals surface area contributed by atoms with E-state index in [0.717, 1.165) is 48.5 Å². The molecule has 2 aromatic rings. The molecule has 4 rings (SSSR count). The third-order valence-electron chi connectivity index (χ3n) is 5.97. The zero-order valence-corrected chi connectivity index (χ0v) is 19.6. The molecule has 9 nitrogen and oxygen atoms in total. The standard InChI is InChI=1S/C21H27F3N6O3S/c1-34(32,33)26-19-6-9-30(25-19)20(31)29-12-10-27(11-13-29)15-16-4-5-17(21(22,23)24)14-18(16)28-7-2-3-8-28/h4-6,9,14H,2-3,7-8,10-13,15H2,1H3,(H,25,26). The second kappa shape index (κ2) is 9.45. The van der Waals surface area contributed by atoms with Crippen LogP contribution in [0, 0.1) is 0 Å². The Hall–Kier alpha value is -2.80. The van der Waals surface area contributed by atoms with Gasteiger partial charge in [-0.1, -0.05) is 6.07 Å². The van der Waals surface area contributed by atoms with Crippen molar-refractivity contribution in [2.45, 2.75) is 25.6 Å². The van der Waals surface area contributed by atoms with Crippen molar-refractivity contribution in [1.29, 1.82) is 0 Å². The van der Waals surface area contributed by atoms with Crippen molar-refractivity contribution in [3.8, 4) is 0 Å². The molecule has 1 aromatic heterocycles. The topological polar surface area (TPSA) is 90.8 Å². The number of anilines is 2. The number of nitrogens with zero attached hydrogens (tertiary/aromatic N) is 5. The van der Waals surface area contributed by atoms with Crippen LogP contribution in [-0.4, -0.2) is 79.6 Å². The largest absolute Gasteiger partial charge is 0.416 e. The molecular formula is C21H27F3N6O3S. The lowest BCUT2D eigenvalue weighted by atomic mass is 10.1. The minimum Gasteiger partial charge on any atom is -0.371 e. The van der Waals surface area contributed by atoms with E-state index in [0.29, 0.717) is 38.4 Å². The third kappa shape index (κ3) is 5.81. The number of nitrogens with one attached hydrogen (secondary N) is 1. The van der Waals surface area contributed by atoms with Crippen molar-refractivity contribution in [1.82, 2.24) is 19.6 Å². The van der Waals surface area contributed by atoms with Crippen molar-refractivity contribution >= 4 is 27.6 Å². The first-order valence-corrected chi connectivity index (χ1v) is 12.9. The molecule has 1 aromatic carbocycles. The molecule has 2 aliphatic rings. The van der Waals surface area contributed by atoms with Gasteiger partial charge in [-0.25, -0.2) is 13.2 Å². The SMILES string of the molecule is CS(=O)(=O)Nc1ccn(C(=O)N2CCN(Cc3ccc(C(F)(F)F)cc3N3CCCC3)CC2)n1. The minimum absolute atomic E-state index is 0.0613. The molecule has 0 atom stereocenters. The van der Waals surface area contributed by atoms with Gasteiger partial charge in [0.25, 0.3) is 0 Å². The summed E-state index contributed by atoms with van der Waals surface area (Å²) in [6, 6.07) is 4.98. The molecule has 2 saturated heterocycles. The van der Waals surface area contributed by atoms with E-state index in [-0.39, 0.29) is 11.8 Å². The van der Waals surface area contributed by atoms with E-state index in [4.69, 9.17) is 0 Å². The van der Waals surface area contributed by atoms with Crippen LogP contribution in [0.1, 0.15) is 24.0 Å². The Morgan fingerprint density at radius 2 is 1.74 bits per heavy atom. The van der Waals surface area contributed by atoms with Crippen molar-refractivity contribution < 1.29 is 26.4 Å². The number of piperazine rings is 1. The van der Waals surface area contributed by atoms with Gasteiger partial charge in [0.15, 0.2) is 5.82 Å². The number of hydrogen-bond acceptors (Lipinski definition) is 6. The van der Waals surface area contributed by atoms with E-state index in [9.17, 15) is 26.4 Å². The number of alkyl halides is 3. The first-order valence-electron chi connectivity index (χ1n) is 11.0. The van der Waals surface area contributed by atoms with Gasteiger partial charge >= 0.3 is 12.2 Å². The van der Waals surface area contributed by atoms with Crippen LogP contribution in [0.3, 0.4) is 0 Å². The average Bonchev–Trinajstić information content (AvgIpc) is 3.44. The molecule has 186 valence electrons. The molecule has 1 N–H and O–H groups in total. The summed E-state index contributed by atoms with van der Waals surface area (Å²) in [6.45, 7) is 3.95. The lowest BCUT2D eigenvalue weighted by Crippen LogP contribution is -2.49. The summed E-state index contributed by atoms with van der Waals surface area (Å²) < 4.78 is 65.8. The van der Waals surface area contributed by atoms with Crippen molar-refractivity contribution in [3.05, 3.63) is 41.6 Å². The Morgan fingerprint density at radius 3 is 2.35 bits per heavy atom. The van der Waals surface area contributed by atoms with Crippen LogP contribution in [0.4, 0.5) is 29.5 Å². The number of benzene rings is 1. The summed E-state index contributed by atoms with van der Waals surface area (Å²) in [4.78, 5) is 18.5. The molecule has 0 saturated carbocycles. The Kier molecular flexibility index (Phi) is 6.76. The zero-order valence-electron chi connectivity index (χ0n) is 18.8. The lowest BCUT2D eigenvalue weighted by Gasteiger charge is -2.35. The van der Waals surface area contributed by atoms with Crippen molar-refractivity contribution in [3.63, 3.8) is 0 Å². The zero-order chi connectivity index (χ0) is 24.5. The van der Waals surface area contributed by atoms with E-state index in [1.165, 1.54) is 18.3 Å². The van der Waals surface area contributed by atoms with E-state index in [2.05, 4.69) is 14.7 Å². The molecule has 1 amide bonds. The van der Waals surface area contributed by atoms with Crippen LogP contribution >= 0.6 is 0 Å². The Bertz CT molecular complexity index is 1140. The van der Waals surface area contributed by atoms with Crippen LogP contribution in [0.2, 0.25) is 0 Å². The van der Waals surface area contributed by atoms with E-state index < -0.39 is 21.8 Å². The van der Waals surface area contributed by atoms with Crippen LogP contribution in [0.15, 0.2) is 30.5 Å². The molecule has 3 heterocycles. The molecule has 0 aliphatic carbocycles. The Labute approximate surface area is 196 Å². The van der Waals surface area contributed by atoms with Gasteiger partial charge in [0, 0.05) is 63.8 Å². The van der Waals surface area contributed by atoms with Crippen LogP contribution in [0.5, 0.6) is 0 Å². The number of carbonyl (C=O) groups excluding carboxylic acids is 1. The van der Waals surface area contributed by atoms with Gasteiger partial charge < -0.3 is 9.80 Å². The van der Waals surface area contributed by atoms with Gasteiger partial charge in [-0.2, -0.15) is 17.9 Å². The second-order valence-electron chi connectivity index (χ2n) is 8.60. The number of rotatable bonds is 5. The number of halogens is 3. The highest BCUT2D eigenvalue weighted by Gasteiger charge is 2.32. The van der Waals surface area contributed by atoms with Gasteiger partial charge in [0.2, 0.25) is 10.0 Å². The monoisotopic (exact) mass is 500 g/mol. The summed E-state index contributed by atoms with van der Waals surface area (Å²) in [5.41, 5.74) is 0.837. The summed E-state index contributed by atoms with van der Waals surface area (Å²) in [5, 5.41) is 3.97. The normalized spacial score (nSPS) is 17.9. The maximum absolute atomic E-state index is 13.3. The molecule has 2 fully saturated rings. The highest BCUT2D eigenvalue weighted by molar-refractivity contribution is 7.92. The fourth-order valence-corrected chi connectivity index (χ4v) is 4.77. The highest BCUT2D eigenvalue weighted by Crippen LogP contribution is 2.35. The van der Waals surface area contributed by atoms with Gasteiger partial charge in [0.1, 0.15) is 0 Å². The average molecular weight is 501 g/mol. The summed E-state index contributed by atoms with van der Waals surface area (Å²) in [5.74, 6) is 0.0613. The molecule has 2 aliphatic heterocycles. The molecular weight excluding hydrogens is 473 g/mol. The van der Waals surface area contributed by atoms with E-state index in [1.807, 2.05) is 4.90 Å². The fourth-order valence-electron chi connectivity index (χ4n) is 4.28. The van der Waals surface area contributed by atoms with E-state index >= 15 is 0 Å².